The summed E-state index contributed by atoms with van der Waals surface area (Å²) in [6.07, 6.45) is 4.61. The van der Waals surface area contributed by atoms with Gasteiger partial charge in [0.1, 0.15) is 17.9 Å². The number of aryl methyl sites for hydroxylation is 2. The zero-order chi connectivity index (χ0) is 18.8. The molecule has 27 heavy (non-hydrogen) atoms. The molecule has 0 N–H and O–H groups in total. The molecule has 3 heterocycles. The van der Waals surface area contributed by atoms with Crippen molar-refractivity contribution in [2.75, 3.05) is 7.11 Å². The van der Waals surface area contributed by atoms with Gasteiger partial charge in [0, 0.05) is 23.0 Å². The average molecular weight is 362 g/mol. The van der Waals surface area contributed by atoms with Crippen molar-refractivity contribution >= 4 is 5.65 Å². The average Bonchev–Trinajstić information content (AvgIpc) is 3.17. The Kier molecular flexibility index (Phi) is 4.54. The minimum atomic E-state index is -0.255. The molecule has 0 amide bonds. The summed E-state index contributed by atoms with van der Waals surface area (Å²) in [5, 5.41) is 8.35. The lowest BCUT2D eigenvalue weighted by molar-refractivity contribution is 0.404. The highest BCUT2D eigenvalue weighted by atomic mass is 19.1. The van der Waals surface area contributed by atoms with Gasteiger partial charge in [-0.25, -0.2) is 4.39 Å². The van der Waals surface area contributed by atoms with Crippen LogP contribution in [0.2, 0.25) is 0 Å². The van der Waals surface area contributed by atoms with E-state index in [0.29, 0.717) is 24.2 Å². The highest BCUT2D eigenvalue weighted by Gasteiger charge is 2.14. The Hall–Kier alpha value is -3.28. The quantitative estimate of drug-likeness (QED) is 0.538. The molecule has 0 unspecified atom stereocenters. The third-order valence-corrected chi connectivity index (χ3v) is 4.73. The van der Waals surface area contributed by atoms with Crippen molar-refractivity contribution in [2.24, 2.45) is 0 Å². The molecule has 0 aliphatic carbocycles. The number of ether oxygens (including phenoxy) is 1. The van der Waals surface area contributed by atoms with E-state index in [4.69, 9.17) is 4.74 Å². The lowest BCUT2D eigenvalue weighted by atomic mass is 10.0. The molecule has 0 saturated heterocycles. The van der Waals surface area contributed by atoms with Gasteiger partial charge in [0.15, 0.2) is 5.65 Å². The van der Waals surface area contributed by atoms with E-state index in [1.807, 2.05) is 35.6 Å². The minimum absolute atomic E-state index is 0.255. The fourth-order valence-corrected chi connectivity index (χ4v) is 3.35. The highest BCUT2D eigenvalue weighted by Crippen LogP contribution is 2.27. The summed E-state index contributed by atoms with van der Waals surface area (Å²) in [5.74, 6) is 0.311. The number of pyridine rings is 2. The highest BCUT2D eigenvalue weighted by molar-refractivity contribution is 5.76. The topological polar surface area (TPSA) is 52.3 Å². The molecule has 4 aromatic rings. The number of rotatable bonds is 5. The fraction of sp³-hybridized carbons (Fsp3) is 0.190. The molecule has 1 aromatic carbocycles. The van der Waals surface area contributed by atoms with Crippen LogP contribution in [0, 0.1) is 12.7 Å². The second-order valence-electron chi connectivity index (χ2n) is 6.35. The molecule has 0 bridgehead atoms. The number of halogens is 1. The lowest BCUT2D eigenvalue weighted by Crippen LogP contribution is -2.03. The van der Waals surface area contributed by atoms with Gasteiger partial charge in [0.05, 0.1) is 12.8 Å². The summed E-state index contributed by atoms with van der Waals surface area (Å²) in [6, 6.07) is 12.8. The van der Waals surface area contributed by atoms with Crippen LogP contribution in [0.4, 0.5) is 4.39 Å². The summed E-state index contributed by atoms with van der Waals surface area (Å²) in [5.41, 5.74) is 5.21. The summed E-state index contributed by atoms with van der Waals surface area (Å²) >= 11 is 0. The van der Waals surface area contributed by atoms with Gasteiger partial charge in [-0.2, -0.15) is 0 Å². The number of aromatic nitrogens is 4. The Morgan fingerprint density at radius 1 is 1.07 bits per heavy atom. The Morgan fingerprint density at radius 2 is 1.96 bits per heavy atom. The molecular formula is C21H19FN4O. The molecule has 3 aromatic heterocycles. The molecule has 4 rings (SSSR count). The molecular weight excluding hydrogens is 343 g/mol. The predicted octanol–water partition coefficient (Wildman–Crippen LogP) is 4.03. The van der Waals surface area contributed by atoms with Crippen LogP contribution in [0.25, 0.3) is 16.9 Å². The summed E-state index contributed by atoms with van der Waals surface area (Å²) in [4.78, 5) is 4.49. The first-order chi connectivity index (χ1) is 13.2. The predicted molar refractivity (Wildman–Crippen MR) is 101 cm³/mol. The van der Waals surface area contributed by atoms with Crippen molar-refractivity contribution in [2.45, 2.75) is 19.8 Å². The summed E-state index contributed by atoms with van der Waals surface area (Å²) in [6.45, 7) is 2.02. The van der Waals surface area contributed by atoms with Crippen molar-refractivity contribution in [3.05, 3.63) is 77.6 Å². The van der Waals surface area contributed by atoms with Gasteiger partial charge in [-0.1, -0.05) is 12.1 Å². The number of hydrogen-bond acceptors (Lipinski definition) is 4. The Morgan fingerprint density at radius 3 is 2.78 bits per heavy atom. The van der Waals surface area contributed by atoms with Crippen molar-refractivity contribution in [1.29, 1.82) is 0 Å². The second kappa shape index (κ2) is 7.15. The van der Waals surface area contributed by atoms with Crippen LogP contribution in [0.15, 0.2) is 55.0 Å². The van der Waals surface area contributed by atoms with Crippen LogP contribution in [-0.4, -0.2) is 26.7 Å². The van der Waals surface area contributed by atoms with Crippen LogP contribution in [0.5, 0.6) is 5.75 Å². The molecule has 6 heteroatoms. The van der Waals surface area contributed by atoms with Crippen molar-refractivity contribution in [1.82, 2.24) is 19.6 Å². The van der Waals surface area contributed by atoms with Gasteiger partial charge in [0.2, 0.25) is 0 Å². The normalized spacial score (nSPS) is 11.1. The van der Waals surface area contributed by atoms with Gasteiger partial charge in [-0.15, -0.1) is 10.2 Å². The first-order valence-electron chi connectivity index (χ1n) is 8.74. The maximum absolute atomic E-state index is 14.2. The minimum Gasteiger partial charge on any atom is -0.496 e. The van der Waals surface area contributed by atoms with Crippen LogP contribution in [0.1, 0.15) is 16.8 Å². The zero-order valence-corrected chi connectivity index (χ0v) is 15.2. The van der Waals surface area contributed by atoms with E-state index >= 15 is 0 Å². The van der Waals surface area contributed by atoms with Crippen LogP contribution in [-0.2, 0) is 12.8 Å². The summed E-state index contributed by atoms with van der Waals surface area (Å²) < 4.78 is 21.4. The molecule has 0 aliphatic rings. The second-order valence-corrected chi connectivity index (χ2v) is 6.35. The van der Waals surface area contributed by atoms with E-state index in [0.717, 1.165) is 28.2 Å². The molecule has 136 valence electrons. The van der Waals surface area contributed by atoms with E-state index in [2.05, 4.69) is 15.2 Å². The number of methoxy groups -OCH3 is 1. The van der Waals surface area contributed by atoms with E-state index < -0.39 is 0 Å². The number of fused-ring (bicyclic) bond motifs is 1. The lowest BCUT2D eigenvalue weighted by Gasteiger charge is -2.12. The van der Waals surface area contributed by atoms with Crippen LogP contribution >= 0.6 is 0 Å². The van der Waals surface area contributed by atoms with Gasteiger partial charge in [-0.3, -0.25) is 9.38 Å². The van der Waals surface area contributed by atoms with Gasteiger partial charge >= 0.3 is 0 Å². The molecule has 0 fully saturated rings. The SMILES string of the molecule is COc1cccc(F)c1CCc1ccc(-c2ncccc2C)c2nncn12. The van der Waals surface area contributed by atoms with Crippen LogP contribution < -0.4 is 4.74 Å². The molecule has 0 saturated carbocycles. The zero-order valence-electron chi connectivity index (χ0n) is 15.2. The van der Waals surface area contributed by atoms with E-state index in [-0.39, 0.29) is 5.82 Å². The third kappa shape index (κ3) is 3.14. The maximum Gasteiger partial charge on any atom is 0.170 e. The third-order valence-electron chi connectivity index (χ3n) is 4.73. The van der Waals surface area contributed by atoms with E-state index in [1.165, 1.54) is 6.07 Å². The maximum atomic E-state index is 14.2. The first-order valence-corrected chi connectivity index (χ1v) is 8.74. The number of nitrogens with zero attached hydrogens (tertiary/aromatic N) is 4. The number of benzene rings is 1. The fourth-order valence-electron chi connectivity index (χ4n) is 3.35. The van der Waals surface area contributed by atoms with E-state index in [1.54, 1.807) is 31.8 Å². The Balaban J connectivity index is 1.70. The number of hydrogen-bond donors (Lipinski definition) is 0. The van der Waals surface area contributed by atoms with Crippen molar-refractivity contribution in [3.63, 3.8) is 0 Å². The molecule has 0 aliphatic heterocycles. The summed E-state index contributed by atoms with van der Waals surface area (Å²) in [7, 11) is 1.56. The van der Waals surface area contributed by atoms with Gasteiger partial charge < -0.3 is 4.74 Å². The standard InChI is InChI=1S/C21H19FN4O/c1-14-5-4-12-23-20(14)17-11-9-15(26-13-24-25-21(17)26)8-10-16-18(22)6-3-7-19(16)27-2/h3-7,9,11-13H,8,10H2,1-2H3. The van der Waals surface area contributed by atoms with Crippen LogP contribution in [0.3, 0.4) is 0 Å². The van der Waals surface area contributed by atoms with Gasteiger partial charge in [0.25, 0.3) is 0 Å². The molecule has 5 nitrogen and oxygen atoms in total. The first kappa shape index (κ1) is 17.1. The largest absolute Gasteiger partial charge is 0.496 e. The Labute approximate surface area is 156 Å². The van der Waals surface area contributed by atoms with E-state index in [9.17, 15) is 4.39 Å². The van der Waals surface area contributed by atoms with Crippen molar-refractivity contribution < 1.29 is 9.13 Å². The molecule has 0 radical (unpaired) electrons. The Bertz CT molecular complexity index is 1110. The molecule has 0 spiro atoms. The monoisotopic (exact) mass is 362 g/mol. The van der Waals surface area contributed by atoms with Gasteiger partial charge in [-0.05, 0) is 55.7 Å². The smallest absolute Gasteiger partial charge is 0.170 e. The van der Waals surface area contributed by atoms with Crippen molar-refractivity contribution in [3.8, 4) is 17.0 Å². The molecule has 0 atom stereocenters.